The molecule has 1 aromatic carbocycles. The van der Waals surface area contributed by atoms with Gasteiger partial charge < -0.3 is 9.64 Å². The molecule has 0 saturated heterocycles. The maximum absolute atomic E-state index is 12.2. The lowest BCUT2D eigenvalue weighted by atomic mass is 9.70. The molecule has 4 heteroatoms. The van der Waals surface area contributed by atoms with Gasteiger partial charge in [0.15, 0.2) is 5.78 Å². The standard InChI is InChI=1S/C18H25NO3/c1-17(2,3)22-16(21)19(5)12-18(4)11-10-15(20)13-8-6-7-9-14(13)18/h6-9H,10-12H2,1-5H3. The zero-order valence-electron chi connectivity index (χ0n) is 14.1. The largest absolute Gasteiger partial charge is 0.444 e. The number of carbonyl (C=O) groups is 2. The molecule has 1 unspecified atom stereocenters. The quantitative estimate of drug-likeness (QED) is 0.835. The van der Waals surface area contributed by atoms with Crippen LogP contribution in [0.15, 0.2) is 24.3 Å². The molecule has 0 heterocycles. The SMILES string of the molecule is CN(CC1(C)CCC(=O)c2ccccc21)C(=O)OC(C)(C)C. The van der Waals surface area contributed by atoms with Gasteiger partial charge in [-0.1, -0.05) is 31.2 Å². The Bertz CT molecular complexity index is 588. The molecule has 1 aromatic rings. The normalized spacial score (nSPS) is 21.2. The van der Waals surface area contributed by atoms with E-state index in [4.69, 9.17) is 4.74 Å². The van der Waals surface area contributed by atoms with Crippen molar-refractivity contribution in [3.8, 4) is 0 Å². The second-order valence-electron chi connectivity index (χ2n) is 7.37. The Morgan fingerprint density at radius 2 is 1.95 bits per heavy atom. The van der Waals surface area contributed by atoms with Gasteiger partial charge in [0.2, 0.25) is 0 Å². The van der Waals surface area contributed by atoms with Gasteiger partial charge >= 0.3 is 6.09 Å². The number of benzene rings is 1. The molecule has 1 aliphatic carbocycles. The minimum absolute atomic E-state index is 0.188. The van der Waals surface area contributed by atoms with Gasteiger partial charge in [0.1, 0.15) is 5.60 Å². The van der Waals surface area contributed by atoms with Gasteiger partial charge in [-0.2, -0.15) is 0 Å². The zero-order chi connectivity index (χ0) is 16.5. The molecular formula is C18H25NO3. The summed E-state index contributed by atoms with van der Waals surface area (Å²) < 4.78 is 5.42. The second-order valence-corrected chi connectivity index (χ2v) is 7.37. The number of ether oxygens (including phenoxy) is 1. The second kappa shape index (κ2) is 5.75. The number of fused-ring (bicyclic) bond motifs is 1. The fourth-order valence-electron chi connectivity index (χ4n) is 3.00. The van der Waals surface area contributed by atoms with Crippen LogP contribution in [0.5, 0.6) is 0 Å². The van der Waals surface area contributed by atoms with Crippen LogP contribution in [-0.2, 0) is 10.2 Å². The Labute approximate surface area is 132 Å². The lowest BCUT2D eigenvalue weighted by Gasteiger charge is -2.38. The van der Waals surface area contributed by atoms with Gasteiger partial charge in [-0.25, -0.2) is 4.79 Å². The summed E-state index contributed by atoms with van der Waals surface area (Å²) in [5.41, 5.74) is 1.08. The van der Waals surface area contributed by atoms with Crippen molar-refractivity contribution in [1.29, 1.82) is 0 Å². The minimum atomic E-state index is -0.507. The maximum atomic E-state index is 12.2. The highest BCUT2D eigenvalue weighted by Gasteiger charge is 2.37. The van der Waals surface area contributed by atoms with E-state index in [9.17, 15) is 9.59 Å². The third-order valence-electron chi connectivity index (χ3n) is 4.07. The van der Waals surface area contributed by atoms with E-state index in [1.54, 1.807) is 11.9 Å². The van der Waals surface area contributed by atoms with Crippen LogP contribution >= 0.6 is 0 Å². The summed E-state index contributed by atoms with van der Waals surface area (Å²) in [5, 5.41) is 0. The average molecular weight is 303 g/mol. The van der Waals surface area contributed by atoms with Gasteiger partial charge in [0.05, 0.1) is 0 Å². The summed E-state index contributed by atoms with van der Waals surface area (Å²) >= 11 is 0. The number of rotatable bonds is 2. The van der Waals surface area contributed by atoms with Crippen molar-refractivity contribution in [2.24, 2.45) is 0 Å². The van der Waals surface area contributed by atoms with Crippen LogP contribution < -0.4 is 0 Å². The molecular weight excluding hydrogens is 278 g/mol. The molecule has 0 radical (unpaired) electrons. The molecule has 4 nitrogen and oxygen atoms in total. The molecule has 0 bridgehead atoms. The number of Topliss-reactive ketones (excluding diaryl/α,β-unsaturated/α-hetero) is 1. The summed E-state index contributed by atoms with van der Waals surface area (Å²) in [6.07, 6.45) is 0.939. The van der Waals surface area contributed by atoms with Crippen molar-refractivity contribution in [3.05, 3.63) is 35.4 Å². The first-order valence-electron chi connectivity index (χ1n) is 7.69. The van der Waals surface area contributed by atoms with Gasteiger partial charge in [0.25, 0.3) is 0 Å². The third kappa shape index (κ3) is 3.49. The molecule has 2 rings (SSSR count). The third-order valence-corrected chi connectivity index (χ3v) is 4.07. The Hall–Kier alpha value is -1.84. The highest BCUT2D eigenvalue weighted by molar-refractivity contribution is 5.99. The molecule has 1 atom stereocenters. The van der Waals surface area contributed by atoms with Crippen LogP contribution in [0.25, 0.3) is 0 Å². The van der Waals surface area contributed by atoms with Crippen molar-refractivity contribution >= 4 is 11.9 Å². The van der Waals surface area contributed by atoms with E-state index in [0.29, 0.717) is 13.0 Å². The van der Waals surface area contributed by atoms with E-state index >= 15 is 0 Å². The summed E-state index contributed by atoms with van der Waals surface area (Å²) in [4.78, 5) is 25.9. The molecule has 0 N–H and O–H groups in total. The predicted molar refractivity (Wildman–Crippen MR) is 86.2 cm³/mol. The van der Waals surface area contributed by atoms with E-state index < -0.39 is 5.60 Å². The van der Waals surface area contributed by atoms with Gasteiger partial charge in [-0.3, -0.25) is 4.79 Å². The lowest BCUT2D eigenvalue weighted by Crippen LogP contribution is -2.44. The first-order valence-corrected chi connectivity index (χ1v) is 7.69. The van der Waals surface area contributed by atoms with E-state index in [-0.39, 0.29) is 17.3 Å². The Balaban J connectivity index is 2.20. The molecule has 1 amide bonds. The highest BCUT2D eigenvalue weighted by atomic mass is 16.6. The van der Waals surface area contributed by atoms with Crippen LogP contribution in [0.2, 0.25) is 0 Å². The Morgan fingerprint density at radius 3 is 2.59 bits per heavy atom. The summed E-state index contributed by atoms with van der Waals surface area (Å²) in [7, 11) is 1.75. The zero-order valence-corrected chi connectivity index (χ0v) is 14.1. The number of hydrogen-bond donors (Lipinski definition) is 0. The molecule has 0 aromatic heterocycles. The smallest absolute Gasteiger partial charge is 0.410 e. The monoisotopic (exact) mass is 303 g/mol. The van der Waals surface area contributed by atoms with Crippen LogP contribution in [-0.4, -0.2) is 36.0 Å². The Kier molecular flexibility index (Phi) is 4.32. The van der Waals surface area contributed by atoms with Crippen LogP contribution in [0.4, 0.5) is 4.79 Å². The number of carbonyl (C=O) groups excluding carboxylic acids is 2. The van der Waals surface area contributed by atoms with E-state index in [1.165, 1.54) is 0 Å². The van der Waals surface area contributed by atoms with E-state index in [0.717, 1.165) is 17.5 Å². The highest BCUT2D eigenvalue weighted by Crippen LogP contribution is 2.37. The minimum Gasteiger partial charge on any atom is -0.444 e. The molecule has 0 saturated carbocycles. The first-order chi connectivity index (χ1) is 10.1. The summed E-state index contributed by atoms with van der Waals surface area (Å²) in [6.45, 7) is 8.21. The van der Waals surface area contributed by atoms with Crippen molar-refractivity contribution < 1.29 is 14.3 Å². The number of amides is 1. The van der Waals surface area contributed by atoms with Crippen LogP contribution in [0, 0.1) is 0 Å². The van der Waals surface area contributed by atoms with Crippen molar-refractivity contribution in [1.82, 2.24) is 4.90 Å². The fraction of sp³-hybridized carbons (Fsp3) is 0.556. The molecule has 1 aliphatic rings. The van der Waals surface area contributed by atoms with E-state index in [2.05, 4.69) is 6.92 Å². The van der Waals surface area contributed by atoms with Crippen molar-refractivity contribution in [2.75, 3.05) is 13.6 Å². The van der Waals surface area contributed by atoms with Gasteiger partial charge in [0, 0.05) is 31.0 Å². The number of likely N-dealkylation sites (N-methyl/N-ethyl adjacent to an activating group) is 1. The average Bonchev–Trinajstić information content (AvgIpc) is 2.42. The molecule has 120 valence electrons. The lowest BCUT2D eigenvalue weighted by molar-refractivity contribution is 0.0258. The molecule has 0 spiro atoms. The van der Waals surface area contributed by atoms with Gasteiger partial charge in [-0.05, 0) is 32.8 Å². The maximum Gasteiger partial charge on any atom is 0.410 e. The number of nitrogens with zero attached hydrogens (tertiary/aromatic N) is 1. The van der Waals surface area contributed by atoms with Crippen molar-refractivity contribution in [2.45, 2.75) is 51.6 Å². The van der Waals surface area contributed by atoms with Crippen LogP contribution in [0.1, 0.15) is 56.5 Å². The summed E-state index contributed by atoms with van der Waals surface area (Å²) in [6, 6.07) is 7.71. The van der Waals surface area contributed by atoms with Gasteiger partial charge in [-0.15, -0.1) is 0 Å². The topological polar surface area (TPSA) is 46.6 Å². The molecule has 22 heavy (non-hydrogen) atoms. The molecule has 0 fully saturated rings. The predicted octanol–water partition coefficient (Wildman–Crippen LogP) is 3.79. The number of hydrogen-bond acceptors (Lipinski definition) is 3. The summed E-state index contributed by atoms with van der Waals surface area (Å²) in [5.74, 6) is 0.188. The number of ketones is 1. The van der Waals surface area contributed by atoms with E-state index in [1.807, 2.05) is 45.0 Å². The Morgan fingerprint density at radius 1 is 1.32 bits per heavy atom. The fourth-order valence-corrected chi connectivity index (χ4v) is 3.00. The molecule has 0 aliphatic heterocycles. The van der Waals surface area contributed by atoms with Crippen LogP contribution in [0.3, 0.4) is 0 Å². The first kappa shape index (κ1) is 16.5. The van der Waals surface area contributed by atoms with Crippen molar-refractivity contribution in [3.63, 3.8) is 0 Å².